The van der Waals surface area contributed by atoms with Gasteiger partial charge in [-0.25, -0.2) is 13.2 Å². The molecule has 0 aromatic heterocycles. The van der Waals surface area contributed by atoms with Crippen molar-refractivity contribution in [3.05, 3.63) is 35.1 Å². The molecule has 0 aliphatic heterocycles. The first-order valence-corrected chi connectivity index (χ1v) is 5.74. The fourth-order valence-corrected chi connectivity index (χ4v) is 1.53. The normalized spacial score (nSPS) is 13.8. The zero-order valence-electron chi connectivity index (χ0n) is 10.0. The summed E-state index contributed by atoms with van der Waals surface area (Å²) < 4.78 is 38.5. The van der Waals surface area contributed by atoms with Gasteiger partial charge in [0, 0.05) is 24.7 Å². The minimum atomic E-state index is -1.57. The molecule has 0 atom stereocenters. The van der Waals surface area contributed by atoms with Gasteiger partial charge in [-0.3, -0.25) is 4.79 Å². The summed E-state index contributed by atoms with van der Waals surface area (Å²) in [5, 5.41) is 5.67. The number of hydrogen-bond donors (Lipinski definition) is 2. The summed E-state index contributed by atoms with van der Waals surface area (Å²) in [4.78, 5) is 11.5. The lowest BCUT2D eigenvalue weighted by atomic mass is 10.2. The first-order chi connectivity index (χ1) is 8.58. The van der Waals surface area contributed by atoms with Gasteiger partial charge in [-0.15, -0.1) is 12.4 Å². The molecule has 7 heteroatoms. The summed E-state index contributed by atoms with van der Waals surface area (Å²) in [5.41, 5.74) is -0.224. The second-order valence-corrected chi connectivity index (χ2v) is 4.24. The summed E-state index contributed by atoms with van der Waals surface area (Å²) in [6, 6.07) is 1.90. The lowest BCUT2D eigenvalue weighted by Gasteiger charge is -2.06. The van der Waals surface area contributed by atoms with Crippen LogP contribution in [0.3, 0.4) is 0 Å². The number of rotatable bonds is 5. The van der Waals surface area contributed by atoms with Crippen molar-refractivity contribution in [2.45, 2.75) is 18.9 Å². The van der Waals surface area contributed by atoms with E-state index in [9.17, 15) is 18.0 Å². The van der Waals surface area contributed by atoms with Crippen LogP contribution in [-0.4, -0.2) is 25.0 Å². The molecular weight excluding hydrogens is 281 g/mol. The van der Waals surface area contributed by atoms with Crippen LogP contribution in [0.15, 0.2) is 12.1 Å². The van der Waals surface area contributed by atoms with Crippen LogP contribution < -0.4 is 10.6 Å². The maximum absolute atomic E-state index is 12.9. The molecule has 0 spiro atoms. The van der Waals surface area contributed by atoms with Gasteiger partial charge < -0.3 is 10.6 Å². The maximum atomic E-state index is 12.9. The number of nitrogens with one attached hydrogen (secondary N) is 2. The summed E-state index contributed by atoms with van der Waals surface area (Å²) in [6.07, 6.45) is 2.28. The summed E-state index contributed by atoms with van der Waals surface area (Å²) in [7, 11) is 0. The van der Waals surface area contributed by atoms with E-state index < -0.39 is 23.4 Å². The average Bonchev–Trinajstić information content (AvgIpc) is 3.14. The van der Waals surface area contributed by atoms with Crippen LogP contribution >= 0.6 is 12.4 Å². The zero-order valence-corrected chi connectivity index (χ0v) is 10.8. The molecule has 1 amide bonds. The molecular formula is C12H14ClF3N2O. The van der Waals surface area contributed by atoms with Gasteiger partial charge in [0.2, 0.25) is 0 Å². The highest BCUT2D eigenvalue weighted by molar-refractivity contribution is 5.94. The SMILES string of the molecule is Cl.O=C(NCCNC1CC1)c1cc(F)c(F)c(F)c1. The van der Waals surface area contributed by atoms with Crippen LogP contribution in [0.1, 0.15) is 23.2 Å². The van der Waals surface area contributed by atoms with E-state index in [-0.39, 0.29) is 18.0 Å². The number of hydrogen-bond acceptors (Lipinski definition) is 2. The number of carbonyl (C=O) groups is 1. The Kier molecular flexibility index (Phi) is 5.62. The lowest BCUT2D eigenvalue weighted by Crippen LogP contribution is -2.32. The predicted molar refractivity (Wildman–Crippen MR) is 66.9 cm³/mol. The fourth-order valence-electron chi connectivity index (χ4n) is 1.53. The quantitative estimate of drug-likeness (QED) is 0.644. The van der Waals surface area contributed by atoms with Crippen LogP contribution in [0.5, 0.6) is 0 Å². The summed E-state index contributed by atoms with van der Waals surface area (Å²) in [6.45, 7) is 0.957. The Morgan fingerprint density at radius 2 is 1.74 bits per heavy atom. The molecule has 0 unspecified atom stereocenters. The molecule has 2 rings (SSSR count). The minimum Gasteiger partial charge on any atom is -0.351 e. The van der Waals surface area contributed by atoms with E-state index in [0.29, 0.717) is 31.3 Å². The maximum Gasteiger partial charge on any atom is 0.251 e. The molecule has 1 aliphatic rings. The van der Waals surface area contributed by atoms with Gasteiger partial charge in [0.15, 0.2) is 17.5 Å². The Morgan fingerprint density at radius 1 is 1.16 bits per heavy atom. The molecule has 0 bridgehead atoms. The van der Waals surface area contributed by atoms with E-state index in [1.807, 2.05) is 0 Å². The van der Waals surface area contributed by atoms with Crippen LogP contribution in [0.25, 0.3) is 0 Å². The summed E-state index contributed by atoms with van der Waals surface area (Å²) in [5.74, 6) is -4.92. The molecule has 1 aliphatic carbocycles. The third-order valence-corrected chi connectivity index (χ3v) is 2.67. The highest BCUT2D eigenvalue weighted by Crippen LogP contribution is 2.17. The van der Waals surface area contributed by atoms with E-state index in [2.05, 4.69) is 10.6 Å². The molecule has 19 heavy (non-hydrogen) atoms. The van der Waals surface area contributed by atoms with Crippen LogP contribution in [0.2, 0.25) is 0 Å². The van der Waals surface area contributed by atoms with Gasteiger partial charge in [-0.1, -0.05) is 0 Å². The molecule has 0 saturated heterocycles. The van der Waals surface area contributed by atoms with E-state index in [1.165, 1.54) is 0 Å². The number of amides is 1. The Bertz CT molecular complexity index is 443. The van der Waals surface area contributed by atoms with Crippen molar-refractivity contribution in [3.63, 3.8) is 0 Å². The Hall–Kier alpha value is -1.27. The molecule has 1 aromatic rings. The van der Waals surface area contributed by atoms with Crippen molar-refractivity contribution in [3.8, 4) is 0 Å². The van der Waals surface area contributed by atoms with E-state index in [4.69, 9.17) is 0 Å². The number of benzene rings is 1. The van der Waals surface area contributed by atoms with Crippen LogP contribution in [0, 0.1) is 17.5 Å². The van der Waals surface area contributed by atoms with E-state index in [0.717, 1.165) is 12.8 Å². The van der Waals surface area contributed by atoms with Crippen LogP contribution in [-0.2, 0) is 0 Å². The Balaban J connectivity index is 0.00000180. The van der Waals surface area contributed by atoms with Crippen LogP contribution in [0.4, 0.5) is 13.2 Å². The smallest absolute Gasteiger partial charge is 0.251 e. The van der Waals surface area contributed by atoms with Crippen molar-refractivity contribution < 1.29 is 18.0 Å². The van der Waals surface area contributed by atoms with Gasteiger partial charge in [-0.05, 0) is 25.0 Å². The van der Waals surface area contributed by atoms with Crippen molar-refractivity contribution in [2.24, 2.45) is 0 Å². The average molecular weight is 295 g/mol. The van der Waals surface area contributed by atoms with Crippen molar-refractivity contribution in [2.75, 3.05) is 13.1 Å². The molecule has 1 saturated carbocycles. The minimum absolute atomic E-state index is 0. The first-order valence-electron chi connectivity index (χ1n) is 5.74. The third kappa shape index (κ3) is 4.40. The molecule has 1 aromatic carbocycles. The van der Waals surface area contributed by atoms with Gasteiger partial charge in [-0.2, -0.15) is 0 Å². The van der Waals surface area contributed by atoms with Gasteiger partial charge in [0.1, 0.15) is 0 Å². The van der Waals surface area contributed by atoms with Crippen molar-refractivity contribution in [1.82, 2.24) is 10.6 Å². The topological polar surface area (TPSA) is 41.1 Å². The second-order valence-electron chi connectivity index (χ2n) is 4.24. The first kappa shape index (κ1) is 15.8. The largest absolute Gasteiger partial charge is 0.351 e. The van der Waals surface area contributed by atoms with Crippen molar-refractivity contribution in [1.29, 1.82) is 0 Å². The molecule has 0 radical (unpaired) electrons. The summed E-state index contributed by atoms with van der Waals surface area (Å²) >= 11 is 0. The third-order valence-electron chi connectivity index (χ3n) is 2.67. The zero-order chi connectivity index (χ0) is 13.1. The Labute approximate surface area is 115 Å². The predicted octanol–water partition coefficient (Wildman–Crippen LogP) is 2.01. The molecule has 3 nitrogen and oxygen atoms in total. The fraction of sp³-hybridized carbons (Fsp3) is 0.417. The molecule has 1 fully saturated rings. The molecule has 0 heterocycles. The lowest BCUT2D eigenvalue weighted by molar-refractivity contribution is 0.0952. The number of halogens is 4. The van der Waals surface area contributed by atoms with E-state index >= 15 is 0 Å². The molecule has 2 N–H and O–H groups in total. The standard InChI is InChI=1S/C12H13F3N2O.ClH/c13-9-5-7(6-10(14)11(9)15)12(18)17-4-3-16-8-1-2-8;/h5-6,8,16H,1-4H2,(H,17,18);1H. The monoisotopic (exact) mass is 294 g/mol. The highest BCUT2D eigenvalue weighted by atomic mass is 35.5. The van der Waals surface area contributed by atoms with E-state index in [1.54, 1.807) is 0 Å². The van der Waals surface area contributed by atoms with Gasteiger partial charge in [0.25, 0.3) is 5.91 Å². The van der Waals surface area contributed by atoms with Crippen molar-refractivity contribution >= 4 is 18.3 Å². The second kappa shape index (κ2) is 6.77. The van der Waals surface area contributed by atoms with Gasteiger partial charge in [0.05, 0.1) is 0 Å². The highest BCUT2D eigenvalue weighted by Gasteiger charge is 2.20. The Morgan fingerprint density at radius 3 is 2.26 bits per heavy atom. The van der Waals surface area contributed by atoms with Gasteiger partial charge >= 0.3 is 0 Å². The number of carbonyl (C=O) groups excluding carboxylic acids is 1. The molecule has 106 valence electrons.